The second kappa shape index (κ2) is 11.6. The van der Waals surface area contributed by atoms with Gasteiger partial charge in [-0.15, -0.1) is 0 Å². The maximum absolute atomic E-state index is 13.3. The summed E-state index contributed by atoms with van der Waals surface area (Å²) < 4.78 is 13.1. The Morgan fingerprint density at radius 2 is 1.86 bits per heavy atom. The molecule has 1 amide bonds. The fourth-order valence-electron chi connectivity index (χ4n) is 4.33. The van der Waals surface area contributed by atoms with Crippen LogP contribution in [0.2, 0.25) is 0 Å². The predicted molar refractivity (Wildman–Crippen MR) is 136 cm³/mol. The zero-order chi connectivity index (χ0) is 25.5. The van der Waals surface area contributed by atoms with E-state index in [0.29, 0.717) is 48.7 Å². The van der Waals surface area contributed by atoms with Crippen LogP contribution in [0.15, 0.2) is 72.8 Å². The highest BCUT2D eigenvalue weighted by Crippen LogP contribution is 2.40. The normalized spacial score (nSPS) is 16.9. The maximum atomic E-state index is 13.3. The summed E-state index contributed by atoms with van der Waals surface area (Å²) in [6, 6.07) is 13.5. The van der Waals surface area contributed by atoms with Crippen LogP contribution in [0.5, 0.6) is 11.5 Å². The van der Waals surface area contributed by atoms with Gasteiger partial charge >= 0.3 is 0 Å². The van der Waals surface area contributed by atoms with Gasteiger partial charge in [0, 0.05) is 31.0 Å². The third kappa shape index (κ3) is 5.43. The van der Waals surface area contributed by atoms with Gasteiger partial charge in [0.2, 0.25) is 0 Å². The van der Waals surface area contributed by atoms with Crippen molar-refractivity contribution in [1.29, 1.82) is 0 Å². The van der Waals surface area contributed by atoms with Gasteiger partial charge in [-0.05, 0) is 42.7 Å². The molecule has 0 bridgehead atoms. The lowest BCUT2D eigenvalue weighted by Gasteiger charge is -2.25. The molecule has 2 heterocycles. The largest absolute Gasteiger partial charge is 0.507 e. The van der Waals surface area contributed by atoms with Gasteiger partial charge in [0.1, 0.15) is 17.3 Å². The number of carbonyl (C=O) groups excluding carboxylic acids is 2. The number of hydrogen-bond donors (Lipinski definition) is 1. The number of aliphatic hydroxyl groups is 1. The van der Waals surface area contributed by atoms with Crippen molar-refractivity contribution in [3.05, 3.63) is 84.0 Å². The highest BCUT2D eigenvalue weighted by atomic mass is 16.5. The highest BCUT2D eigenvalue weighted by Gasteiger charge is 2.45. The van der Waals surface area contributed by atoms with Gasteiger partial charge in [-0.25, -0.2) is 4.98 Å². The minimum atomic E-state index is -0.743. The van der Waals surface area contributed by atoms with Crippen molar-refractivity contribution in [2.75, 3.05) is 20.3 Å². The number of methoxy groups -OCH3 is 1. The van der Waals surface area contributed by atoms with Gasteiger partial charge in [0.05, 0.1) is 31.7 Å². The Kier molecular flexibility index (Phi) is 8.05. The first-order valence-corrected chi connectivity index (χ1v) is 12.1. The van der Waals surface area contributed by atoms with Crippen molar-refractivity contribution >= 4 is 17.4 Å². The van der Waals surface area contributed by atoms with Gasteiger partial charge in [-0.2, -0.15) is 0 Å². The van der Waals surface area contributed by atoms with Crippen LogP contribution >= 0.6 is 0 Å². The molecular weight excluding hydrogens is 458 g/mol. The van der Waals surface area contributed by atoms with E-state index in [1.165, 1.54) is 4.90 Å². The Balaban J connectivity index is 1.71. The molecule has 1 fully saturated rings. The number of rotatable bonds is 11. The van der Waals surface area contributed by atoms with Crippen LogP contribution in [0.1, 0.15) is 43.4 Å². The van der Waals surface area contributed by atoms with Gasteiger partial charge in [-0.3, -0.25) is 9.59 Å². The van der Waals surface area contributed by atoms with Crippen molar-refractivity contribution in [3.8, 4) is 11.5 Å². The van der Waals surface area contributed by atoms with E-state index in [4.69, 9.17) is 9.47 Å². The van der Waals surface area contributed by atoms with Gasteiger partial charge in [-0.1, -0.05) is 37.6 Å². The number of likely N-dealkylation sites (tertiary alicyclic amines) is 1. The molecule has 1 atom stereocenters. The Hall–Kier alpha value is -4.07. The first-order valence-electron chi connectivity index (χ1n) is 12.1. The minimum Gasteiger partial charge on any atom is -0.507 e. The van der Waals surface area contributed by atoms with Crippen LogP contribution in [0.25, 0.3) is 5.76 Å². The van der Waals surface area contributed by atoms with E-state index in [2.05, 4.69) is 11.9 Å². The fourth-order valence-corrected chi connectivity index (χ4v) is 4.33. The number of carbonyl (C=O) groups is 2. The summed E-state index contributed by atoms with van der Waals surface area (Å²) >= 11 is 0. The summed E-state index contributed by atoms with van der Waals surface area (Å²) in [6.07, 6.45) is 7.79. The molecule has 0 saturated carbocycles. The number of aryl methyl sites for hydroxylation is 1. The summed E-state index contributed by atoms with van der Waals surface area (Å²) in [5.74, 6) is -0.368. The molecule has 1 N–H and O–H groups in total. The number of unbranched alkanes of at least 4 members (excludes halogenated alkanes) is 1. The average Bonchev–Trinajstić information content (AvgIpc) is 3.51. The van der Waals surface area contributed by atoms with Crippen LogP contribution < -0.4 is 9.47 Å². The maximum Gasteiger partial charge on any atom is 0.295 e. The second-order valence-corrected chi connectivity index (χ2v) is 8.65. The minimum absolute atomic E-state index is 0.0570. The fraction of sp³-hybridized carbons (Fsp3) is 0.321. The highest BCUT2D eigenvalue weighted by molar-refractivity contribution is 6.46. The smallest absolute Gasteiger partial charge is 0.295 e. The molecule has 8 heteroatoms. The summed E-state index contributed by atoms with van der Waals surface area (Å²) in [5.41, 5.74) is 1.17. The standard InChI is InChI=1S/C28H31N3O5/c1-3-4-16-36-23-11-6-9-21(18-23)26(32)24-25(20-8-5-10-22(17-20)35-2)31(28(34)27(24)33)14-7-13-30-15-12-29-19-30/h5-6,8-12,15,17-19,25,32H,3-4,7,13-14,16H2,1-2H3. The van der Waals surface area contributed by atoms with Crippen LogP contribution in [0.3, 0.4) is 0 Å². The molecule has 1 aromatic heterocycles. The molecule has 1 saturated heterocycles. The number of aliphatic hydroxyl groups excluding tert-OH is 1. The van der Waals surface area contributed by atoms with E-state index in [1.807, 2.05) is 22.9 Å². The lowest BCUT2D eigenvalue weighted by atomic mass is 9.95. The Labute approximate surface area is 210 Å². The molecule has 0 aliphatic carbocycles. The summed E-state index contributed by atoms with van der Waals surface area (Å²) in [4.78, 5) is 32.0. The molecule has 2 aromatic carbocycles. The summed E-state index contributed by atoms with van der Waals surface area (Å²) in [7, 11) is 1.56. The molecule has 0 radical (unpaired) electrons. The van der Waals surface area contributed by atoms with Crippen LogP contribution in [-0.2, 0) is 16.1 Å². The van der Waals surface area contributed by atoms with Crippen molar-refractivity contribution in [2.45, 2.75) is 38.8 Å². The first kappa shape index (κ1) is 25.0. The van der Waals surface area contributed by atoms with E-state index in [0.717, 1.165) is 12.8 Å². The summed E-state index contributed by atoms with van der Waals surface area (Å²) in [6.45, 7) is 3.62. The molecular formula is C28H31N3O5. The zero-order valence-electron chi connectivity index (χ0n) is 20.6. The zero-order valence-corrected chi connectivity index (χ0v) is 20.6. The number of imidazole rings is 1. The van der Waals surface area contributed by atoms with Crippen LogP contribution in [-0.4, -0.2) is 51.5 Å². The summed E-state index contributed by atoms with van der Waals surface area (Å²) in [5, 5.41) is 11.3. The van der Waals surface area contributed by atoms with Gasteiger partial charge < -0.3 is 24.0 Å². The van der Waals surface area contributed by atoms with Crippen LogP contribution in [0, 0.1) is 0 Å². The Morgan fingerprint density at radius 3 is 2.61 bits per heavy atom. The number of aromatic nitrogens is 2. The molecule has 188 valence electrons. The number of amides is 1. The van der Waals surface area contributed by atoms with Crippen molar-refractivity contribution < 1.29 is 24.2 Å². The van der Waals surface area contributed by atoms with Gasteiger partial charge in [0.15, 0.2) is 0 Å². The third-order valence-electron chi connectivity index (χ3n) is 6.20. The number of ketones is 1. The SMILES string of the molecule is CCCCOc1cccc(C(O)=C2C(=O)C(=O)N(CCCn3ccnc3)C2c2cccc(OC)c2)c1. The molecule has 36 heavy (non-hydrogen) atoms. The monoisotopic (exact) mass is 489 g/mol. The van der Waals surface area contributed by atoms with Gasteiger partial charge in [0.25, 0.3) is 11.7 Å². The first-order chi connectivity index (χ1) is 17.5. The molecule has 1 unspecified atom stereocenters. The predicted octanol–water partition coefficient (Wildman–Crippen LogP) is 4.58. The lowest BCUT2D eigenvalue weighted by Crippen LogP contribution is -2.31. The second-order valence-electron chi connectivity index (χ2n) is 8.65. The van der Waals surface area contributed by atoms with Crippen LogP contribution in [0.4, 0.5) is 0 Å². The number of benzene rings is 2. The molecule has 1 aliphatic rings. The third-order valence-corrected chi connectivity index (χ3v) is 6.20. The number of hydrogen-bond acceptors (Lipinski definition) is 6. The van der Waals surface area contributed by atoms with Crippen molar-refractivity contribution in [3.63, 3.8) is 0 Å². The average molecular weight is 490 g/mol. The number of nitrogens with zero attached hydrogens (tertiary/aromatic N) is 3. The van der Waals surface area contributed by atoms with E-state index in [9.17, 15) is 14.7 Å². The van der Waals surface area contributed by atoms with E-state index >= 15 is 0 Å². The van der Waals surface area contributed by atoms with E-state index in [1.54, 1.807) is 56.0 Å². The molecule has 0 spiro atoms. The topological polar surface area (TPSA) is 93.9 Å². The number of ether oxygens (including phenoxy) is 2. The lowest BCUT2D eigenvalue weighted by molar-refractivity contribution is -0.139. The molecule has 4 rings (SSSR count). The van der Waals surface area contributed by atoms with Crippen molar-refractivity contribution in [1.82, 2.24) is 14.5 Å². The quantitative estimate of drug-likeness (QED) is 0.183. The molecule has 1 aliphatic heterocycles. The molecule has 3 aromatic rings. The van der Waals surface area contributed by atoms with Crippen molar-refractivity contribution in [2.24, 2.45) is 0 Å². The molecule has 8 nitrogen and oxygen atoms in total. The van der Waals surface area contributed by atoms with E-state index < -0.39 is 17.7 Å². The number of Topliss-reactive ketones (excluding diaryl/α,β-unsaturated/α-hetero) is 1. The Bertz CT molecular complexity index is 1240. The Morgan fingerprint density at radius 1 is 1.06 bits per heavy atom. The van der Waals surface area contributed by atoms with E-state index in [-0.39, 0.29) is 11.3 Å².